The molecule has 82 valence electrons. The van der Waals surface area contributed by atoms with E-state index in [2.05, 4.69) is 6.58 Å². The lowest BCUT2D eigenvalue weighted by atomic mass is 10.1. The largest absolute Gasteiger partial charge is 0.395 e. The summed E-state index contributed by atoms with van der Waals surface area (Å²) in [7, 11) is 0. The molecule has 0 unspecified atom stereocenters. The van der Waals surface area contributed by atoms with E-state index in [1.807, 2.05) is 6.92 Å². The van der Waals surface area contributed by atoms with Crippen molar-refractivity contribution in [2.45, 2.75) is 32.1 Å². The van der Waals surface area contributed by atoms with Crippen LogP contribution in [0.1, 0.15) is 19.8 Å². The average molecular weight is 201 g/mol. The molecule has 0 radical (unpaired) electrons. The van der Waals surface area contributed by atoms with Crippen molar-refractivity contribution in [3.05, 3.63) is 12.7 Å². The third kappa shape index (κ3) is 3.06. The van der Waals surface area contributed by atoms with Crippen LogP contribution in [-0.2, 0) is 9.57 Å². The Morgan fingerprint density at radius 1 is 1.64 bits per heavy atom. The van der Waals surface area contributed by atoms with Gasteiger partial charge in [0.15, 0.2) is 6.29 Å². The van der Waals surface area contributed by atoms with E-state index in [9.17, 15) is 0 Å². The summed E-state index contributed by atoms with van der Waals surface area (Å²) in [5.74, 6) is 0. The molecule has 1 aliphatic rings. The Bertz CT molecular complexity index is 175. The summed E-state index contributed by atoms with van der Waals surface area (Å²) in [6, 6.07) is 0.0738. The molecule has 1 aliphatic heterocycles. The van der Waals surface area contributed by atoms with E-state index in [4.69, 9.17) is 14.7 Å². The highest BCUT2D eigenvalue weighted by molar-refractivity contribution is 4.77. The molecular formula is C10H19NO3. The van der Waals surface area contributed by atoms with E-state index in [0.29, 0.717) is 13.2 Å². The third-order valence-corrected chi connectivity index (χ3v) is 2.27. The highest BCUT2D eigenvalue weighted by Crippen LogP contribution is 2.20. The summed E-state index contributed by atoms with van der Waals surface area (Å²) in [6.07, 6.45) is 3.33. The Labute approximate surface area is 85.1 Å². The molecule has 4 heteroatoms. The Balaban J connectivity index is 2.43. The van der Waals surface area contributed by atoms with Gasteiger partial charge in [-0.2, -0.15) is 5.06 Å². The molecule has 1 saturated heterocycles. The minimum Gasteiger partial charge on any atom is -0.395 e. The van der Waals surface area contributed by atoms with Crippen LogP contribution >= 0.6 is 0 Å². The van der Waals surface area contributed by atoms with E-state index in [1.165, 1.54) is 0 Å². The number of rotatable bonds is 5. The van der Waals surface area contributed by atoms with Crippen LogP contribution in [-0.4, -0.2) is 42.3 Å². The molecule has 1 fully saturated rings. The fraction of sp³-hybridized carbons (Fsp3) is 0.800. The maximum atomic E-state index is 9.11. The van der Waals surface area contributed by atoms with Crippen molar-refractivity contribution in [1.29, 1.82) is 0 Å². The average Bonchev–Trinajstić information content (AvgIpc) is 2.19. The van der Waals surface area contributed by atoms with Crippen molar-refractivity contribution < 1.29 is 14.7 Å². The molecular weight excluding hydrogens is 182 g/mol. The minimum absolute atomic E-state index is 0.0738. The van der Waals surface area contributed by atoms with E-state index in [1.54, 1.807) is 11.1 Å². The molecule has 14 heavy (non-hydrogen) atoms. The first-order chi connectivity index (χ1) is 6.81. The van der Waals surface area contributed by atoms with Gasteiger partial charge in [-0.25, -0.2) is 0 Å². The van der Waals surface area contributed by atoms with Gasteiger partial charge in [-0.3, -0.25) is 4.84 Å². The molecule has 0 aromatic rings. The first-order valence-electron chi connectivity index (χ1n) is 5.08. The smallest absolute Gasteiger partial charge is 0.177 e. The molecule has 0 aromatic heterocycles. The highest BCUT2D eigenvalue weighted by Gasteiger charge is 2.28. The molecule has 1 rings (SSSR count). The summed E-state index contributed by atoms with van der Waals surface area (Å²) in [5.41, 5.74) is 0. The molecule has 4 nitrogen and oxygen atoms in total. The number of hydroxylamine groups is 2. The molecule has 2 atom stereocenters. The SMILES string of the molecule is C=CCN1O[C@H](OCC)CC[C@@H]1CO. The van der Waals surface area contributed by atoms with Gasteiger partial charge in [0.25, 0.3) is 0 Å². The van der Waals surface area contributed by atoms with E-state index in [0.717, 1.165) is 12.8 Å². The van der Waals surface area contributed by atoms with Crippen LogP contribution in [0.25, 0.3) is 0 Å². The Morgan fingerprint density at radius 3 is 3.00 bits per heavy atom. The summed E-state index contributed by atoms with van der Waals surface area (Å²) in [4.78, 5) is 5.55. The maximum absolute atomic E-state index is 9.11. The van der Waals surface area contributed by atoms with Gasteiger partial charge in [0.05, 0.1) is 12.6 Å². The van der Waals surface area contributed by atoms with Gasteiger partial charge in [0.1, 0.15) is 0 Å². The monoisotopic (exact) mass is 201 g/mol. The zero-order chi connectivity index (χ0) is 10.4. The van der Waals surface area contributed by atoms with Crippen LogP contribution in [0.5, 0.6) is 0 Å². The van der Waals surface area contributed by atoms with Crippen molar-refractivity contribution in [3.63, 3.8) is 0 Å². The number of aliphatic hydroxyl groups excluding tert-OH is 1. The molecule has 0 amide bonds. The topological polar surface area (TPSA) is 41.9 Å². The van der Waals surface area contributed by atoms with Crippen LogP contribution in [0.3, 0.4) is 0 Å². The Morgan fingerprint density at radius 2 is 2.43 bits per heavy atom. The van der Waals surface area contributed by atoms with Crippen molar-refractivity contribution >= 4 is 0 Å². The fourth-order valence-electron chi connectivity index (χ4n) is 1.56. The van der Waals surface area contributed by atoms with Gasteiger partial charge in [0, 0.05) is 19.6 Å². The van der Waals surface area contributed by atoms with Crippen LogP contribution in [0.15, 0.2) is 12.7 Å². The summed E-state index contributed by atoms with van der Waals surface area (Å²) in [5, 5.41) is 10.9. The lowest BCUT2D eigenvalue weighted by Crippen LogP contribution is -2.46. The van der Waals surface area contributed by atoms with Crippen LogP contribution in [0.2, 0.25) is 0 Å². The van der Waals surface area contributed by atoms with Crippen LogP contribution < -0.4 is 0 Å². The fourth-order valence-corrected chi connectivity index (χ4v) is 1.56. The number of hydrogen-bond donors (Lipinski definition) is 1. The molecule has 0 aromatic carbocycles. The molecule has 1 heterocycles. The van der Waals surface area contributed by atoms with Crippen LogP contribution in [0.4, 0.5) is 0 Å². The number of ether oxygens (including phenoxy) is 1. The molecule has 1 N–H and O–H groups in total. The maximum Gasteiger partial charge on any atom is 0.177 e. The van der Waals surface area contributed by atoms with Gasteiger partial charge >= 0.3 is 0 Å². The molecule has 0 spiro atoms. The zero-order valence-corrected chi connectivity index (χ0v) is 8.69. The number of aliphatic hydroxyl groups is 1. The summed E-state index contributed by atoms with van der Waals surface area (Å²) < 4.78 is 5.37. The van der Waals surface area contributed by atoms with Crippen molar-refractivity contribution in [1.82, 2.24) is 5.06 Å². The zero-order valence-electron chi connectivity index (χ0n) is 8.69. The van der Waals surface area contributed by atoms with Gasteiger partial charge in [-0.1, -0.05) is 6.08 Å². The number of hydrogen-bond acceptors (Lipinski definition) is 4. The quantitative estimate of drug-likeness (QED) is 0.672. The predicted octanol–water partition coefficient (Wildman–Crippen LogP) is 0.923. The van der Waals surface area contributed by atoms with Gasteiger partial charge in [0.2, 0.25) is 0 Å². The van der Waals surface area contributed by atoms with E-state index < -0.39 is 0 Å². The predicted molar refractivity (Wildman–Crippen MR) is 53.5 cm³/mol. The first kappa shape index (κ1) is 11.7. The Hall–Kier alpha value is -0.420. The second-order valence-electron chi connectivity index (χ2n) is 3.29. The third-order valence-electron chi connectivity index (χ3n) is 2.27. The standard InChI is InChI=1S/C10H19NO3/c1-3-7-11-9(8-12)5-6-10(14-11)13-4-2/h3,9-10,12H,1,4-8H2,2H3/t9-,10+/m1/s1. The lowest BCUT2D eigenvalue weighted by molar-refractivity contribution is -0.318. The lowest BCUT2D eigenvalue weighted by Gasteiger charge is -2.37. The molecule has 0 bridgehead atoms. The van der Waals surface area contributed by atoms with Crippen LogP contribution in [0, 0.1) is 0 Å². The first-order valence-corrected chi connectivity index (χ1v) is 5.08. The van der Waals surface area contributed by atoms with Crippen molar-refractivity contribution in [2.24, 2.45) is 0 Å². The van der Waals surface area contributed by atoms with Crippen molar-refractivity contribution in [3.8, 4) is 0 Å². The van der Waals surface area contributed by atoms with E-state index in [-0.39, 0.29) is 18.9 Å². The minimum atomic E-state index is -0.164. The van der Waals surface area contributed by atoms with Crippen molar-refractivity contribution in [2.75, 3.05) is 19.8 Å². The summed E-state index contributed by atoms with van der Waals surface area (Å²) in [6.45, 7) is 6.98. The van der Waals surface area contributed by atoms with E-state index >= 15 is 0 Å². The number of nitrogens with zero attached hydrogens (tertiary/aromatic N) is 1. The second-order valence-corrected chi connectivity index (χ2v) is 3.29. The summed E-state index contributed by atoms with van der Waals surface area (Å²) >= 11 is 0. The second kappa shape index (κ2) is 6.14. The Kier molecular flexibility index (Phi) is 5.11. The molecule has 0 saturated carbocycles. The highest BCUT2D eigenvalue weighted by atomic mass is 16.8. The molecule has 0 aliphatic carbocycles. The van der Waals surface area contributed by atoms with Gasteiger partial charge < -0.3 is 9.84 Å². The van der Waals surface area contributed by atoms with Gasteiger partial charge in [-0.15, -0.1) is 6.58 Å². The van der Waals surface area contributed by atoms with Gasteiger partial charge in [-0.05, 0) is 13.3 Å². The normalized spacial score (nSPS) is 29.0.